The van der Waals surface area contributed by atoms with Crippen LogP contribution in [0.25, 0.3) is 0 Å². The van der Waals surface area contributed by atoms with E-state index in [1.165, 1.54) is 0 Å². The van der Waals surface area contributed by atoms with Crippen LogP contribution in [0.4, 0.5) is 0 Å². The van der Waals surface area contributed by atoms with E-state index in [0.717, 1.165) is 5.57 Å². The Morgan fingerprint density at radius 3 is 2.47 bits per heavy atom. The van der Waals surface area contributed by atoms with Gasteiger partial charge < -0.3 is 10.2 Å². The van der Waals surface area contributed by atoms with Crippen LogP contribution in [-0.2, 0) is 9.59 Å². The molecule has 17 heavy (non-hydrogen) atoms. The molecule has 1 heterocycles. The van der Waals surface area contributed by atoms with Crippen LogP contribution in [-0.4, -0.2) is 35.3 Å². The highest BCUT2D eigenvalue weighted by atomic mass is 16.2. The fourth-order valence-electron chi connectivity index (χ4n) is 1.83. The van der Waals surface area contributed by atoms with Crippen molar-refractivity contribution in [3.8, 4) is 0 Å². The Morgan fingerprint density at radius 2 is 2.00 bits per heavy atom. The highest BCUT2D eigenvalue weighted by molar-refractivity contribution is 5.96. The minimum atomic E-state index is -0.385. The van der Waals surface area contributed by atoms with Gasteiger partial charge in [-0.05, 0) is 26.7 Å². The zero-order chi connectivity index (χ0) is 13.2. The smallest absolute Gasteiger partial charge is 0.246 e. The van der Waals surface area contributed by atoms with Crippen molar-refractivity contribution in [2.75, 3.05) is 6.54 Å². The molecule has 1 aliphatic rings. The fraction of sp³-hybridized carbons (Fsp3) is 0.692. The molecule has 0 aromatic carbocycles. The summed E-state index contributed by atoms with van der Waals surface area (Å²) in [5.41, 5.74) is 1.15. The van der Waals surface area contributed by atoms with E-state index in [2.05, 4.69) is 5.32 Å². The first-order valence-corrected chi connectivity index (χ1v) is 6.08. The maximum Gasteiger partial charge on any atom is 0.246 e. The van der Waals surface area contributed by atoms with E-state index in [1.807, 2.05) is 33.8 Å². The molecule has 1 N–H and O–H groups in total. The number of nitrogens with zero attached hydrogens (tertiary/aromatic N) is 1. The highest BCUT2D eigenvalue weighted by Crippen LogP contribution is 2.15. The number of allylic oxidation sites excluding steroid dienone is 1. The number of carbonyl (C=O) groups is 2. The molecule has 0 radical (unpaired) electrons. The molecule has 2 amide bonds. The van der Waals surface area contributed by atoms with Gasteiger partial charge in [0, 0.05) is 6.54 Å². The molecule has 0 bridgehead atoms. The van der Waals surface area contributed by atoms with E-state index in [1.54, 1.807) is 11.8 Å². The van der Waals surface area contributed by atoms with Gasteiger partial charge in [-0.1, -0.05) is 25.5 Å². The molecule has 1 aliphatic heterocycles. The third-order valence-electron chi connectivity index (χ3n) is 3.06. The minimum Gasteiger partial charge on any atom is -0.342 e. The molecule has 0 aromatic rings. The average Bonchev–Trinajstić information content (AvgIpc) is 2.22. The first-order chi connectivity index (χ1) is 7.84. The summed E-state index contributed by atoms with van der Waals surface area (Å²) < 4.78 is 0. The van der Waals surface area contributed by atoms with Gasteiger partial charge >= 0.3 is 0 Å². The Balaban J connectivity index is 2.87. The van der Waals surface area contributed by atoms with Gasteiger partial charge in [0.15, 0.2) is 0 Å². The van der Waals surface area contributed by atoms with Crippen LogP contribution in [0.15, 0.2) is 11.6 Å². The molecule has 1 saturated heterocycles. The van der Waals surface area contributed by atoms with Crippen molar-refractivity contribution in [3.63, 3.8) is 0 Å². The standard InChI is InChI=1S/C13H22N2O2/c1-8(2)6-7-15-10(5)12(16)14-11(9(3)4)13(15)17/h6,9-11H,7H2,1-5H3,(H,14,16). The number of hydrogen-bond acceptors (Lipinski definition) is 2. The van der Waals surface area contributed by atoms with Crippen molar-refractivity contribution >= 4 is 11.8 Å². The number of amides is 2. The number of piperazine rings is 1. The normalized spacial score (nSPS) is 24.9. The lowest BCUT2D eigenvalue weighted by molar-refractivity contribution is -0.149. The molecule has 4 heteroatoms. The summed E-state index contributed by atoms with van der Waals surface area (Å²) in [6.45, 7) is 10.1. The maximum absolute atomic E-state index is 12.2. The average molecular weight is 238 g/mol. The molecule has 0 saturated carbocycles. The summed E-state index contributed by atoms with van der Waals surface area (Å²) in [5, 5.41) is 2.78. The summed E-state index contributed by atoms with van der Waals surface area (Å²) in [5.74, 6) is 0.0724. The van der Waals surface area contributed by atoms with Gasteiger partial charge in [-0.3, -0.25) is 9.59 Å². The van der Waals surface area contributed by atoms with Crippen molar-refractivity contribution in [1.82, 2.24) is 10.2 Å². The van der Waals surface area contributed by atoms with Crippen LogP contribution in [0.2, 0.25) is 0 Å². The van der Waals surface area contributed by atoms with Gasteiger partial charge in [-0.2, -0.15) is 0 Å². The Morgan fingerprint density at radius 1 is 1.41 bits per heavy atom. The summed E-state index contributed by atoms with van der Waals surface area (Å²) in [4.78, 5) is 25.7. The Labute approximate surface area is 103 Å². The van der Waals surface area contributed by atoms with Gasteiger partial charge in [0.25, 0.3) is 0 Å². The van der Waals surface area contributed by atoms with E-state index < -0.39 is 0 Å². The molecule has 0 aliphatic carbocycles. The van der Waals surface area contributed by atoms with Crippen LogP contribution in [0.5, 0.6) is 0 Å². The molecule has 2 unspecified atom stereocenters. The van der Waals surface area contributed by atoms with E-state index in [9.17, 15) is 9.59 Å². The lowest BCUT2D eigenvalue weighted by Crippen LogP contribution is -2.63. The van der Waals surface area contributed by atoms with E-state index in [0.29, 0.717) is 6.54 Å². The predicted octanol–water partition coefficient (Wildman–Crippen LogP) is 1.32. The van der Waals surface area contributed by atoms with E-state index in [-0.39, 0.29) is 29.8 Å². The minimum absolute atomic E-state index is 0.0181. The van der Waals surface area contributed by atoms with Gasteiger partial charge in [0.05, 0.1) is 0 Å². The van der Waals surface area contributed by atoms with Crippen LogP contribution in [0.1, 0.15) is 34.6 Å². The molecular weight excluding hydrogens is 216 g/mol. The third kappa shape index (κ3) is 3.08. The fourth-order valence-corrected chi connectivity index (χ4v) is 1.83. The number of hydrogen-bond donors (Lipinski definition) is 1. The second kappa shape index (κ2) is 5.34. The Bertz CT molecular complexity index is 343. The van der Waals surface area contributed by atoms with Crippen LogP contribution in [0, 0.1) is 5.92 Å². The van der Waals surface area contributed by atoms with Gasteiger partial charge in [0.1, 0.15) is 12.1 Å². The Hall–Kier alpha value is -1.32. The molecule has 4 nitrogen and oxygen atoms in total. The second-order valence-corrected chi connectivity index (χ2v) is 5.18. The molecule has 0 aromatic heterocycles. The van der Waals surface area contributed by atoms with Gasteiger partial charge in [-0.15, -0.1) is 0 Å². The summed E-state index contributed by atoms with van der Waals surface area (Å²) in [6.07, 6.45) is 1.98. The number of carbonyl (C=O) groups excluding carboxylic acids is 2. The lowest BCUT2D eigenvalue weighted by Gasteiger charge is -2.38. The predicted molar refractivity (Wildman–Crippen MR) is 67.4 cm³/mol. The first kappa shape index (κ1) is 13.7. The van der Waals surface area contributed by atoms with Gasteiger partial charge in [0.2, 0.25) is 11.8 Å². The maximum atomic E-state index is 12.2. The quantitative estimate of drug-likeness (QED) is 0.754. The third-order valence-corrected chi connectivity index (χ3v) is 3.06. The van der Waals surface area contributed by atoms with Crippen LogP contribution in [0.3, 0.4) is 0 Å². The molecule has 0 spiro atoms. The van der Waals surface area contributed by atoms with Crippen molar-refractivity contribution < 1.29 is 9.59 Å². The Kier molecular flexibility index (Phi) is 4.32. The molecule has 2 atom stereocenters. The lowest BCUT2D eigenvalue weighted by atomic mass is 9.98. The zero-order valence-electron chi connectivity index (χ0n) is 11.3. The van der Waals surface area contributed by atoms with E-state index >= 15 is 0 Å². The highest BCUT2D eigenvalue weighted by Gasteiger charge is 2.38. The number of rotatable bonds is 3. The van der Waals surface area contributed by atoms with Crippen LogP contribution >= 0.6 is 0 Å². The largest absolute Gasteiger partial charge is 0.342 e. The van der Waals surface area contributed by atoms with Gasteiger partial charge in [-0.25, -0.2) is 0 Å². The van der Waals surface area contributed by atoms with Crippen molar-refractivity contribution in [1.29, 1.82) is 0 Å². The van der Waals surface area contributed by atoms with Crippen molar-refractivity contribution in [2.45, 2.75) is 46.7 Å². The summed E-state index contributed by atoms with van der Waals surface area (Å²) in [6, 6.07) is -0.766. The summed E-state index contributed by atoms with van der Waals surface area (Å²) in [7, 11) is 0. The SMILES string of the molecule is CC(C)=CCN1C(=O)C(C(C)C)NC(=O)C1C. The molecule has 96 valence electrons. The summed E-state index contributed by atoms with van der Waals surface area (Å²) >= 11 is 0. The topological polar surface area (TPSA) is 49.4 Å². The molecular formula is C13H22N2O2. The monoisotopic (exact) mass is 238 g/mol. The van der Waals surface area contributed by atoms with Crippen LogP contribution < -0.4 is 5.32 Å². The van der Waals surface area contributed by atoms with Crippen molar-refractivity contribution in [2.24, 2.45) is 5.92 Å². The van der Waals surface area contributed by atoms with Crippen molar-refractivity contribution in [3.05, 3.63) is 11.6 Å². The first-order valence-electron chi connectivity index (χ1n) is 6.08. The molecule has 1 rings (SSSR count). The zero-order valence-corrected chi connectivity index (χ0v) is 11.3. The second-order valence-electron chi connectivity index (χ2n) is 5.18. The number of nitrogens with one attached hydrogen (secondary N) is 1. The molecule has 1 fully saturated rings. The van der Waals surface area contributed by atoms with E-state index in [4.69, 9.17) is 0 Å².